The topological polar surface area (TPSA) is 70.7 Å². The first kappa shape index (κ1) is 18.4. The Morgan fingerprint density at radius 2 is 1.83 bits per heavy atom. The minimum Gasteiger partial charge on any atom is -0.378 e. The van der Waals surface area contributed by atoms with E-state index in [2.05, 4.69) is 10.6 Å². The number of ether oxygens (including phenoxy) is 1. The predicted molar refractivity (Wildman–Crippen MR) is 97.0 cm³/mol. The Morgan fingerprint density at radius 3 is 2.42 bits per heavy atom. The van der Waals surface area contributed by atoms with Crippen LogP contribution >= 0.6 is 12.2 Å². The van der Waals surface area contributed by atoms with Crippen LogP contribution in [0.2, 0.25) is 0 Å². The van der Waals surface area contributed by atoms with Crippen molar-refractivity contribution in [2.24, 2.45) is 5.92 Å². The number of nitrogens with zero attached hydrogens (tertiary/aromatic N) is 1. The first-order valence-electron chi connectivity index (χ1n) is 8.03. The molecule has 6 nitrogen and oxygen atoms in total. The number of nitrogens with one attached hydrogen (secondary N) is 2. The summed E-state index contributed by atoms with van der Waals surface area (Å²) in [5, 5.41) is 5.84. The monoisotopic (exact) mass is 349 g/mol. The number of rotatable bonds is 4. The van der Waals surface area contributed by atoms with Gasteiger partial charge in [-0.15, -0.1) is 0 Å². The van der Waals surface area contributed by atoms with E-state index < -0.39 is 0 Å². The van der Waals surface area contributed by atoms with Crippen LogP contribution in [0.25, 0.3) is 0 Å². The number of hydrogen-bond donors (Lipinski definition) is 2. The van der Waals surface area contributed by atoms with E-state index in [0.29, 0.717) is 38.3 Å². The summed E-state index contributed by atoms with van der Waals surface area (Å²) in [7, 11) is 0. The molecule has 1 saturated heterocycles. The number of carbonyl (C=O) groups is 2. The molecule has 2 N–H and O–H groups in total. The van der Waals surface area contributed by atoms with Gasteiger partial charge in [-0.1, -0.05) is 13.8 Å². The molecule has 1 aromatic rings. The zero-order valence-electron chi connectivity index (χ0n) is 14.0. The number of benzene rings is 1. The van der Waals surface area contributed by atoms with Crippen molar-refractivity contribution >= 4 is 34.8 Å². The summed E-state index contributed by atoms with van der Waals surface area (Å²) in [6.45, 7) is 6.33. The minimum absolute atomic E-state index is 0.00216. The van der Waals surface area contributed by atoms with Crippen LogP contribution in [-0.4, -0.2) is 48.1 Å². The fraction of sp³-hybridized carbons (Fsp3) is 0.471. The third kappa shape index (κ3) is 5.58. The van der Waals surface area contributed by atoms with E-state index in [-0.39, 0.29) is 22.8 Å². The largest absolute Gasteiger partial charge is 0.378 e. The maximum absolute atomic E-state index is 12.3. The molecular formula is C17H23N3O3S. The van der Waals surface area contributed by atoms with Crippen molar-refractivity contribution in [3.63, 3.8) is 0 Å². The highest BCUT2D eigenvalue weighted by atomic mass is 32.1. The van der Waals surface area contributed by atoms with Crippen LogP contribution in [0.15, 0.2) is 24.3 Å². The Labute approximate surface area is 147 Å². The van der Waals surface area contributed by atoms with Crippen LogP contribution < -0.4 is 10.6 Å². The molecule has 7 heteroatoms. The second-order valence-corrected chi connectivity index (χ2v) is 6.49. The third-order valence-electron chi connectivity index (χ3n) is 3.53. The number of hydrogen-bond acceptors (Lipinski definition) is 4. The molecular weight excluding hydrogens is 326 g/mol. The first-order valence-corrected chi connectivity index (χ1v) is 8.44. The van der Waals surface area contributed by atoms with E-state index in [9.17, 15) is 9.59 Å². The van der Waals surface area contributed by atoms with E-state index in [0.717, 1.165) is 5.69 Å². The molecule has 0 aliphatic carbocycles. The summed E-state index contributed by atoms with van der Waals surface area (Å²) >= 11 is 5.12. The molecule has 0 aromatic heterocycles. The summed E-state index contributed by atoms with van der Waals surface area (Å²) in [5.41, 5.74) is 1.35. The van der Waals surface area contributed by atoms with Gasteiger partial charge in [-0.05, 0) is 42.4 Å². The van der Waals surface area contributed by atoms with Gasteiger partial charge in [0.2, 0.25) is 5.91 Å². The molecule has 1 aliphatic rings. The molecule has 1 heterocycles. The summed E-state index contributed by atoms with van der Waals surface area (Å²) in [5.74, 6) is 0.164. The summed E-state index contributed by atoms with van der Waals surface area (Å²) in [4.78, 5) is 25.8. The van der Waals surface area contributed by atoms with Gasteiger partial charge in [0.1, 0.15) is 0 Å². The summed E-state index contributed by atoms with van der Waals surface area (Å²) in [6.07, 6.45) is 0.425. The Balaban J connectivity index is 1.88. The number of anilines is 1. The molecule has 1 fully saturated rings. The van der Waals surface area contributed by atoms with Crippen molar-refractivity contribution in [3.05, 3.63) is 29.8 Å². The quantitative estimate of drug-likeness (QED) is 0.814. The molecule has 0 spiro atoms. The van der Waals surface area contributed by atoms with Crippen molar-refractivity contribution < 1.29 is 14.3 Å². The lowest BCUT2D eigenvalue weighted by molar-refractivity contribution is -0.120. The smallest absolute Gasteiger partial charge is 0.254 e. The standard InChI is InChI=1S/C17H23N3O3S/c1-12(2)11-15(21)19-17(24)18-14-5-3-13(4-6-14)16(22)20-7-9-23-10-8-20/h3-6,12H,7-11H2,1-2H3,(H2,18,19,21,24). The molecule has 24 heavy (non-hydrogen) atoms. The van der Waals surface area contributed by atoms with E-state index >= 15 is 0 Å². The van der Waals surface area contributed by atoms with Gasteiger partial charge in [-0.3, -0.25) is 9.59 Å². The van der Waals surface area contributed by atoms with Gasteiger partial charge in [-0.2, -0.15) is 0 Å². The fourth-order valence-corrected chi connectivity index (χ4v) is 2.59. The molecule has 0 radical (unpaired) electrons. The molecule has 1 aliphatic heterocycles. The van der Waals surface area contributed by atoms with Crippen LogP contribution in [0.1, 0.15) is 30.6 Å². The van der Waals surface area contributed by atoms with Crippen LogP contribution in [0.3, 0.4) is 0 Å². The van der Waals surface area contributed by atoms with Gasteiger partial charge in [0.05, 0.1) is 13.2 Å². The van der Waals surface area contributed by atoms with Crippen molar-refractivity contribution in [2.75, 3.05) is 31.6 Å². The maximum atomic E-state index is 12.3. The maximum Gasteiger partial charge on any atom is 0.254 e. The highest BCUT2D eigenvalue weighted by Crippen LogP contribution is 2.12. The van der Waals surface area contributed by atoms with E-state index in [1.165, 1.54) is 0 Å². The number of amides is 2. The van der Waals surface area contributed by atoms with Gasteiger partial charge < -0.3 is 20.3 Å². The Bertz CT molecular complexity index is 596. The average Bonchev–Trinajstić information content (AvgIpc) is 2.54. The Morgan fingerprint density at radius 1 is 1.21 bits per heavy atom. The van der Waals surface area contributed by atoms with E-state index in [1.54, 1.807) is 29.2 Å². The van der Waals surface area contributed by atoms with Gasteiger partial charge in [-0.25, -0.2) is 0 Å². The van der Waals surface area contributed by atoms with Gasteiger partial charge >= 0.3 is 0 Å². The third-order valence-corrected chi connectivity index (χ3v) is 3.74. The van der Waals surface area contributed by atoms with E-state index in [4.69, 9.17) is 17.0 Å². The molecule has 130 valence electrons. The Kier molecular flexibility index (Phi) is 6.69. The van der Waals surface area contributed by atoms with Gasteiger partial charge in [0.15, 0.2) is 5.11 Å². The normalized spacial score (nSPS) is 14.4. The first-order chi connectivity index (χ1) is 11.5. The lowest BCUT2D eigenvalue weighted by Crippen LogP contribution is -2.40. The predicted octanol–water partition coefficient (Wildman–Crippen LogP) is 2.02. The van der Waals surface area contributed by atoms with Gasteiger partial charge in [0, 0.05) is 30.8 Å². The number of morpholine rings is 1. The lowest BCUT2D eigenvalue weighted by atomic mass is 10.1. The average molecular weight is 349 g/mol. The number of thiocarbonyl (C=S) groups is 1. The van der Waals surface area contributed by atoms with Gasteiger partial charge in [0.25, 0.3) is 5.91 Å². The van der Waals surface area contributed by atoms with Crippen molar-refractivity contribution in [3.8, 4) is 0 Å². The SMILES string of the molecule is CC(C)CC(=O)NC(=S)Nc1ccc(C(=O)N2CCOCC2)cc1. The van der Waals surface area contributed by atoms with Crippen LogP contribution in [-0.2, 0) is 9.53 Å². The van der Waals surface area contributed by atoms with Crippen LogP contribution in [0, 0.1) is 5.92 Å². The Hall–Kier alpha value is -1.99. The summed E-state index contributed by atoms with van der Waals surface area (Å²) < 4.78 is 5.25. The minimum atomic E-state index is -0.110. The second-order valence-electron chi connectivity index (χ2n) is 6.08. The molecule has 2 rings (SSSR count). The molecule has 1 aromatic carbocycles. The van der Waals surface area contributed by atoms with Crippen LogP contribution in [0.5, 0.6) is 0 Å². The van der Waals surface area contributed by atoms with Crippen LogP contribution in [0.4, 0.5) is 5.69 Å². The molecule has 0 saturated carbocycles. The lowest BCUT2D eigenvalue weighted by Gasteiger charge is -2.26. The zero-order chi connectivity index (χ0) is 17.5. The summed E-state index contributed by atoms with van der Waals surface area (Å²) in [6, 6.07) is 7.04. The van der Waals surface area contributed by atoms with E-state index in [1.807, 2.05) is 13.8 Å². The zero-order valence-corrected chi connectivity index (χ0v) is 14.8. The molecule has 2 amide bonds. The highest BCUT2D eigenvalue weighted by Gasteiger charge is 2.18. The highest BCUT2D eigenvalue weighted by molar-refractivity contribution is 7.80. The van der Waals surface area contributed by atoms with Crippen molar-refractivity contribution in [2.45, 2.75) is 20.3 Å². The second kappa shape index (κ2) is 8.75. The molecule has 0 unspecified atom stereocenters. The molecule has 0 bridgehead atoms. The van der Waals surface area contributed by atoms with Crippen molar-refractivity contribution in [1.29, 1.82) is 0 Å². The number of carbonyl (C=O) groups excluding carboxylic acids is 2. The van der Waals surface area contributed by atoms with Crippen molar-refractivity contribution in [1.82, 2.24) is 10.2 Å². The molecule has 0 atom stereocenters. The fourth-order valence-electron chi connectivity index (χ4n) is 2.36.